The van der Waals surface area contributed by atoms with Gasteiger partial charge in [0.2, 0.25) is 0 Å². The highest BCUT2D eigenvalue weighted by Crippen LogP contribution is 2.29. The fraction of sp³-hybridized carbons (Fsp3) is 0.588. The van der Waals surface area contributed by atoms with Crippen molar-refractivity contribution in [2.45, 2.75) is 39.2 Å². The van der Waals surface area contributed by atoms with Crippen molar-refractivity contribution < 1.29 is 9.53 Å². The maximum absolute atomic E-state index is 11.7. The first kappa shape index (κ1) is 16.7. The number of carbonyl (C=O) groups excluding carboxylic acids is 1. The number of amides is 1. The van der Waals surface area contributed by atoms with Gasteiger partial charge in [-0.25, -0.2) is 4.68 Å². The highest BCUT2D eigenvalue weighted by atomic mass is 16.5. The van der Waals surface area contributed by atoms with Crippen LogP contribution in [0.25, 0.3) is 11.0 Å². The van der Waals surface area contributed by atoms with Crippen LogP contribution in [0.1, 0.15) is 49.5 Å². The van der Waals surface area contributed by atoms with Crippen molar-refractivity contribution in [1.29, 1.82) is 0 Å². The molecule has 24 heavy (non-hydrogen) atoms. The lowest BCUT2D eigenvalue weighted by molar-refractivity contribution is 0.0997. The van der Waals surface area contributed by atoms with Gasteiger partial charge in [0, 0.05) is 12.6 Å². The molecule has 1 aromatic carbocycles. The van der Waals surface area contributed by atoms with E-state index in [0.717, 1.165) is 31.6 Å². The van der Waals surface area contributed by atoms with Crippen LogP contribution in [-0.4, -0.2) is 52.0 Å². The molecule has 0 bridgehead atoms. The van der Waals surface area contributed by atoms with Gasteiger partial charge in [0.15, 0.2) is 0 Å². The van der Waals surface area contributed by atoms with E-state index in [-0.39, 0.29) is 6.04 Å². The molecule has 1 amide bonds. The number of hydrogen-bond acceptors (Lipinski definition) is 5. The lowest BCUT2D eigenvalue weighted by Crippen LogP contribution is -2.30. The number of benzene rings is 1. The molecule has 1 saturated heterocycles. The molecule has 2 heterocycles. The molecule has 0 radical (unpaired) electrons. The van der Waals surface area contributed by atoms with E-state index in [2.05, 4.69) is 22.1 Å². The molecule has 1 atom stereocenters. The fourth-order valence-corrected chi connectivity index (χ4v) is 3.39. The van der Waals surface area contributed by atoms with Crippen LogP contribution in [0.2, 0.25) is 0 Å². The summed E-state index contributed by atoms with van der Waals surface area (Å²) in [5.74, 6) is -0.0106. The molecule has 1 unspecified atom stereocenters. The molecule has 0 saturated carbocycles. The first-order valence-corrected chi connectivity index (χ1v) is 8.68. The molecular weight excluding hydrogens is 306 g/mol. The number of ether oxygens (including phenoxy) is 1. The van der Waals surface area contributed by atoms with Gasteiger partial charge in [-0.3, -0.25) is 4.79 Å². The largest absolute Gasteiger partial charge is 0.493 e. The van der Waals surface area contributed by atoms with Crippen molar-refractivity contribution in [3.8, 4) is 5.75 Å². The lowest BCUT2D eigenvalue weighted by Gasteiger charge is -2.23. The summed E-state index contributed by atoms with van der Waals surface area (Å²) in [7, 11) is 0. The molecule has 2 aromatic rings. The quantitative estimate of drug-likeness (QED) is 0.905. The number of aromatic nitrogens is 3. The summed E-state index contributed by atoms with van der Waals surface area (Å²) in [6.07, 6.45) is 3.48. The molecule has 1 fully saturated rings. The predicted molar refractivity (Wildman–Crippen MR) is 92.2 cm³/mol. The number of carbonyl (C=O) groups is 1. The Balaban J connectivity index is 2.02. The third-order valence-corrected chi connectivity index (χ3v) is 4.66. The summed E-state index contributed by atoms with van der Waals surface area (Å²) in [6.45, 7) is 7.69. The summed E-state index contributed by atoms with van der Waals surface area (Å²) in [6, 6.07) is 3.81. The number of likely N-dealkylation sites (tertiary alicyclic amines) is 1. The summed E-state index contributed by atoms with van der Waals surface area (Å²) in [5, 5.41) is 8.61. The molecule has 2 N–H and O–H groups in total. The first-order valence-electron chi connectivity index (χ1n) is 8.68. The number of hydrogen-bond donors (Lipinski definition) is 1. The minimum Gasteiger partial charge on any atom is -0.493 e. The van der Waals surface area contributed by atoms with Gasteiger partial charge in [-0.1, -0.05) is 18.6 Å². The first-order chi connectivity index (χ1) is 11.6. The molecule has 1 aromatic heterocycles. The van der Waals surface area contributed by atoms with E-state index in [4.69, 9.17) is 10.5 Å². The van der Waals surface area contributed by atoms with Crippen molar-refractivity contribution in [1.82, 2.24) is 19.9 Å². The zero-order valence-corrected chi connectivity index (χ0v) is 14.4. The summed E-state index contributed by atoms with van der Waals surface area (Å²) in [4.78, 5) is 14.1. The summed E-state index contributed by atoms with van der Waals surface area (Å²) >= 11 is 0. The zero-order valence-electron chi connectivity index (χ0n) is 14.4. The van der Waals surface area contributed by atoms with E-state index in [1.807, 2.05) is 17.7 Å². The van der Waals surface area contributed by atoms with Crippen molar-refractivity contribution in [2.75, 3.05) is 26.2 Å². The molecule has 3 rings (SSSR count). The van der Waals surface area contributed by atoms with Crippen LogP contribution in [0.3, 0.4) is 0 Å². The summed E-state index contributed by atoms with van der Waals surface area (Å²) in [5.41, 5.74) is 7.39. The fourth-order valence-electron chi connectivity index (χ4n) is 3.39. The van der Waals surface area contributed by atoms with Gasteiger partial charge in [-0.2, -0.15) is 0 Å². The average molecular weight is 331 g/mol. The Kier molecular flexibility index (Phi) is 4.99. The normalized spacial score (nSPS) is 19.3. The Morgan fingerprint density at radius 2 is 2.21 bits per heavy atom. The van der Waals surface area contributed by atoms with E-state index in [9.17, 15) is 4.79 Å². The van der Waals surface area contributed by atoms with Gasteiger partial charge in [0.05, 0.1) is 23.7 Å². The van der Waals surface area contributed by atoms with Crippen molar-refractivity contribution in [3.63, 3.8) is 0 Å². The van der Waals surface area contributed by atoms with Gasteiger partial charge in [-0.05, 0) is 38.9 Å². The van der Waals surface area contributed by atoms with Crippen LogP contribution in [0, 0.1) is 0 Å². The second-order valence-corrected chi connectivity index (χ2v) is 6.21. The molecular formula is C17H25N5O2. The third kappa shape index (κ3) is 3.21. The minimum absolute atomic E-state index is 0.284. The van der Waals surface area contributed by atoms with Crippen LogP contribution in [-0.2, 0) is 0 Å². The second kappa shape index (κ2) is 7.17. The van der Waals surface area contributed by atoms with Gasteiger partial charge in [-0.15, -0.1) is 5.10 Å². The van der Waals surface area contributed by atoms with Gasteiger partial charge < -0.3 is 15.4 Å². The van der Waals surface area contributed by atoms with Crippen molar-refractivity contribution in [3.05, 3.63) is 17.7 Å². The summed E-state index contributed by atoms with van der Waals surface area (Å²) < 4.78 is 7.59. The van der Waals surface area contributed by atoms with Crippen LogP contribution in [0.4, 0.5) is 0 Å². The third-order valence-electron chi connectivity index (χ3n) is 4.66. The Morgan fingerprint density at radius 1 is 1.38 bits per heavy atom. The highest BCUT2D eigenvalue weighted by molar-refractivity contribution is 5.99. The molecule has 130 valence electrons. The lowest BCUT2D eigenvalue weighted by atomic mass is 10.1. The van der Waals surface area contributed by atoms with E-state index in [1.165, 1.54) is 12.8 Å². The number of likely N-dealkylation sites (N-methyl/N-ethyl adjacent to an activating group) is 1. The number of nitrogens with two attached hydrogens (primary N) is 1. The van der Waals surface area contributed by atoms with Gasteiger partial charge >= 0.3 is 0 Å². The van der Waals surface area contributed by atoms with Gasteiger partial charge in [0.25, 0.3) is 5.91 Å². The van der Waals surface area contributed by atoms with E-state index < -0.39 is 5.91 Å². The Hall–Kier alpha value is -2.15. The maximum Gasteiger partial charge on any atom is 0.252 e. The van der Waals surface area contributed by atoms with E-state index in [0.29, 0.717) is 23.4 Å². The van der Waals surface area contributed by atoms with Crippen LogP contribution in [0.15, 0.2) is 12.1 Å². The predicted octanol–water partition coefficient (Wildman–Crippen LogP) is 1.98. The Morgan fingerprint density at radius 3 is 2.92 bits per heavy atom. The Bertz CT molecular complexity index is 727. The number of fused-ring (bicyclic) bond motifs is 1. The molecule has 7 nitrogen and oxygen atoms in total. The van der Waals surface area contributed by atoms with Crippen LogP contribution < -0.4 is 10.5 Å². The SMILES string of the molecule is CCOc1cc2c(cc1C(N)=O)nnn2C1CCCCN(CC)C1. The van der Waals surface area contributed by atoms with Crippen LogP contribution >= 0.6 is 0 Å². The number of rotatable bonds is 5. The molecule has 1 aliphatic heterocycles. The van der Waals surface area contributed by atoms with Crippen molar-refractivity contribution >= 4 is 16.9 Å². The molecule has 0 spiro atoms. The monoisotopic (exact) mass is 331 g/mol. The smallest absolute Gasteiger partial charge is 0.252 e. The molecule has 0 aliphatic carbocycles. The van der Waals surface area contributed by atoms with E-state index in [1.54, 1.807) is 6.07 Å². The standard InChI is InChI=1S/C17H25N5O2/c1-3-21-8-6-5-7-12(11-21)22-15-10-16(24-4-2)13(17(18)23)9-14(15)19-20-22/h9-10,12H,3-8,11H2,1-2H3,(H2,18,23). The molecule has 7 heteroatoms. The second-order valence-electron chi connectivity index (χ2n) is 6.21. The number of primary amides is 1. The topological polar surface area (TPSA) is 86.3 Å². The van der Waals surface area contributed by atoms with Gasteiger partial charge in [0.1, 0.15) is 11.3 Å². The van der Waals surface area contributed by atoms with Crippen LogP contribution in [0.5, 0.6) is 5.75 Å². The Labute approximate surface area is 141 Å². The average Bonchev–Trinajstić information content (AvgIpc) is 2.83. The van der Waals surface area contributed by atoms with Crippen molar-refractivity contribution in [2.24, 2.45) is 5.73 Å². The minimum atomic E-state index is -0.512. The number of nitrogens with zero attached hydrogens (tertiary/aromatic N) is 4. The van der Waals surface area contributed by atoms with E-state index >= 15 is 0 Å². The zero-order chi connectivity index (χ0) is 17.1. The molecule has 1 aliphatic rings. The maximum atomic E-state index is 11.7. The highest BCUT2D eigenvalue weighted by Gasteiger charge is 2.23.